The maximum Gasteiger partial charge on any atom is 0.316 e. The van der Waals surface area contributed by atoms with Crippen molar-refractivity contribution in [1.29, 1.82) is 0 Å². The summed E-state index contributed by atoms with van der Waals surface area (Å²) >= 11 is 0. The van der Waals surface area contributed by atoms with Gasteiger partial charge in [0.15, 0.2) is 11.5 Å². The zero-order valence-corrected chi connectivity index (χ0v) is 15.6. The van der Waals surface area contributed by atoms with Crippen molar-refractivity contribution in [1.82, 2.24) is 25.0 Å². The molecule has 4 rings (SSSR count). The minimum absolute atomic E-state index is 0.144. The molecule has 1 atom stereocenters. The number of aryl methyl sites for hydroxylation is 1. The van der Waals surface area contributed by atoms with Crippen LogP contribution in [0.5, 0.6) is 6.01 Å². The first-order chi connectivity index (χ1) is 13.7. The minimum atomic E-state index is -0.172. The van der Waals surface area contributed by atoms with Gasteiger partial charge in [-0.1, -0.05) is 12.1 Å². The first kappa shape index (κ1) is 18.1. The van der Waals surface area contributed by atoms with Crippen molar-refractivity contribution in [3.63, 3.8) is 0 Å². The number of hydrogen-bond donors (Lipinski definition) is 0. The van der Waals surface area contributed by atoms with Crippen LogP contribution in [0.4, 0.5) is 0 Å². The quantitative estimate of drug-likeness (QED) is 0.673. The number of ether oxygens (including phenoxy) is 1. The Balaban J connectivity index is 1.41. The Labute approximate surface area is 162 Å². The first-order valence-electron chi connectivity index (χ1n) is 9.37. The number of likely N-dealkylation sites (tertiary alicyclic amines) is 1. The molecule has 1 aliphatic rings. The van der Waals surface area contributed by atoms with Gasteiger partial charge < -0.3 is 14.2 Å². The Morgan fingerprint density at radius 1 is 1.32 bits per heavy atom. The molecule has 8 heteroatoms. The van der Waals surface area contributed by atoms with Crippen LogP contribution in [0.15, 0.2) is 47.5 Å². The number of carbonyl (C=O) groups excluding carboxylic acids is 1. The van der Waals surface area contributed by atoms with Crippen molar-refractivity contribution in [2.75, 3.05) is 13.1 Å². The van der Waals surface area contributed by atoms with E-state index in [4.69, 9.17) is 9.26 Å². The highest BCUT2D eigenvalue weighted by Crippen LogP contribution is 2.22. The van der Waals surface area contributed by atoms with Crippen molar-refractivity contribution in [3.05, 3.63) is 54.2 Å². The lowest BCUT2D eigenvalue weighted by Crippen LogP contribution is -2.44. The van der Waals surface area contributed by atoms with Gasteiger partial charge in [-0.15, -0.1) is 0 Å². The molecule has 0 radical (unpaired) electrons. The minimum Gasteiger partial charge on any atom is -0.458 e. The van der Waals surface area contributed by atoms with Crippen LogP contribution in [0.1, 0.15) is 35.8 Å². The van der Waals surface area contributed by atoms with Gasteiger partial charge in [-0.05, 0) is 37.0 Å². The summed E-state index contributed by atoms with van der Waals surface area (Å²) in [5.41, 5.74) is 2.12. The second-order valence-corrected chi connectivity index (χ2v) is 6.68. The van der Waals surface area contributed by atoms with Crippen molar-refractivity contribution in [2.24, 2.45) is 0 Å². The molecule has 3 aromatic rings. The van der Waals surface area contributed by atoms with Gasteiger partial charge in [0.05, 0.1) is 6.54 Å². The fourth-order valence-corrected chi connectivity index (χ4v) is 3.14. The number of piperidine rings is 1. The van der Waals surface area contributed by atoms with Crippen LogP contribution in [0, 0.1) is 0 Å². The summed E-state index contributed by atoms with van der Waals surface area (Å²) in [7, 11) is 0. The maximum absolute atomic E-state index is 12.8. The van der Waals surface area contributed by atoms with Crippen LogP contribution in [-0.2, 0) is 6.42 Å². The molecular formula is C20H21N5O3. The highest BCUT2D eigenvalue weighted by molar-refractivity contribution is 5.93. The lowest BCUT2D eigenvalue weighted by Gasteiger charge is -2.31. The molecule has 1 fully saturated rings. The summed E-state index contributed by atoms with van der Waals surface area (Å²) in [6.07, 6.45) is 9.31. The van der Waals surface area contributed by atoms with Gasteiger partial charge in [-0.25, -0.2) is 9.97 Å². The number of nitrogens with zero attached hydrogens (tertiary/aromatic N) is 5. The van der Waals surface area contributed by atoms with Crippen LogP contribution in [0.25, 0.3) is 11.3 Å². The van der Waals surface area contributed by atoms with Crippen molar-refractivity contribution in [3.8, 4) is 17.3 Å². The van der Waals surface area contributed by atoms with Gasteiger partial charge in [0, 0.05) is 43.0 Å². The smallest absolute Gasteiger partial charge is 0.316 e. The van der Waals surface area contributed by atoms with Crippen LogP contribution in [0.2, 0.25) is 0 Å². The largest absolute Gasteiger partial charge is 0.458 e. The van der Waals surface area contributed by atoms with E-state index in [1.54, 1.807) is 41.8 Å². The zero-order chi connectivity index (χ0) is 19.3. The van der Waals surface area contributed by atoms with E-state index >= 15 is 0 Å². The van der Waals surface area contributed by atoms with Gasteiger partial charge in [0.25, 0.3) is 5.91 Å². The molecule has 144 valence electrons. The van der Waals surface area contributed by atoms with E-state index in [0.717, 1.165) is 30.4 Å². The highest BCUT2D eigenvalue weighted by Gasteiger charge is 2.28. The standard InChI is InChI=1S/C20H21N5O3/c1-2-14-10-22-20(23-11-14)27-16-6-4-8-25(13-16)19(26)17-9-18(28-24-17)15-5-3-7-21-12-15/h3,5,7,9-12,16H,2,4,6,8,13H2,1H3. The lowest BCUT2D eigenvalue weighted by atomic mass is 10.1. The second-order valence-electron chi connectivity index (χ2n) is 6.68. The average Bonchev–Trinajstić information content (AvgIpc) is 3.25. The Morgan fingerprint density at radius 3 is 2.93 bits per heavy atom. The molecule has 0 saturated carbocycles. The molecule has 4 heterocycles. The second kappa shape index (κ2) is 8.16. The molecule has 3 aromatic heterocycles. The summed E-state index contributed by atoms with van der Waals surface area (Å²) in [5, 5.41) is 3.94. The van der Waals surface area contributed by atoms with Gasteiger partial charge >= 0.3 is 6.01 Å². The van der Waals surface area contributed by atoms with Crippen LogP contribution in [0.3, 0.4) is 0 Å². The van der Waals surface area contributed by atoms with Crippen molar-refractivity contribution in [2.45, 2.75) is 32.3 Å². The molecule has 0 aliphatic carbocycles. The molecule has 8 nitrogen and oxygen atoms in total. The zero-order valence-electron chi connectivity index (χ0n) is 15.6. The topological polar surface area (TPSA) is 94.2 Å². The van der Waals surface area contributed by atoms with Crippen LogP contribution < -0.4 is 4.74 Å². The third-order valence-electron chi connectivity index (χ3n) is 4.70. The van der Waals surface area contributed by atoms with Crippen molar-refractivity contribution >= 4 is 5.91 Å². The molecule has 1 aliphatic heterocycles. The molecule has 0 N–H and O–H groups in total. The Morgan fingerprint density at radius 2 is 2.18 bits per heavy atom. The number of aromatic nitrogens is 4. The van der Waals surface area contributed by atoms with Gasteiger partial charge in [-0.3, -0.25) is 9.78 Å². The number of amides is 1. The maximum atomic E-state index is 12.8. The van der Waals surface area contributed by atoms with Crippen molar-refractivity contribution < 1.29 is 14.1 Å². The molecular weight excluding hydrogens is 358 g/mol. The fraction of sp³-hybridized carbons (Fsp3) is 0.350. The Hall–Kier alpha value is -3.29. The molecule has 0 spiro atoms. The van der Waals surface area contributed by atoms with Gasteiger partial charge in [-0.2, -0.15) is 0 Å². The van der Waals surface area contributed by atoms with Crippen LogP contribution in [-0.4, -0.2) is 50.1 Å². The van der Waals surface area contributed by atoms with Gasteiger partial charge in [0.2, 0.25) is 0 Å². The fourth-order valence-electron chi connectivity index (χ4n) is 3.14. The Kier molecular flexibility index (Phi) is 5.27. The molecule has 1 amide bonds. The molecule has 0 aromatic carbocycles. The normalized spacial score (nSPS) is 16.8. The number of pyridine rings is 1. The number of carbonyl (C=O) groups is 1. The summed E-state index contributed by atoms with van der Waals surface area (Å²) in [6, 6.07) is 5.66. The lowest BCUT2D eigenvalue weighted by molar-refractivity contribution is 0.0507. The molecule has 1 saturated heterocycles. The van der Waals surface area contributed by atoms with E-state index in [2.05, 4.69) is 20.1 Å². The summed E-state index contributed by atoms with van der Waals surface area (Å²) in [4.78, 5) is 27.1. The van der Waals surface area contributed by atoms with Gasteiger partial charge in [0.1, 0.15) is 6.10 Å². The first-order valence-corrected chi connectivity index (χ1v) is 9.37. The summed E-state index contributed by atoms with van der Waals surface area (Å²) < 4.78 is 11.2. The predicted octanol–water partition coefficient (Wildman–Crippen LogP) is 2.77. The Bertz CT molecular complexity index is 927. The third-order valence-corrected chi connectivity index (χ3v) is 4.70. The number of rotatable bonds is 5. The SMILES string of the molecule is CCc1cnc(OC2CCCN(C(=O)c3cc(-c4cccnc4)on3)C2)nc1. The summed E-state index contributed by atoms with van der Waals surface area (Å²) in [5.74, 6) is 0.347. The molecule has 28 heavy (non-hydrogen) atoms. The van der Waals surface area contributed by atoms with Crippen LogP contribution >= 0.6 is 0 Å². The van der Waals surface area contributed by atoms with E-state index in [-0.39, 0.29) is 17.7 Å². The number of hydrogen-bond acceptors (Lipinski definition) is 7. The molecule has 1 unspecified atom stereocenters. The van der Waals surface area contributed by atoms with E-state index in [1.807, 2.05) is 13.0 Å². The van der Waals surface area contributed by atoms with E-state index < -0.39 is 0 Å². The van der Waals surface area contributed by atoms with E-state index in [9.17, 15) is 4.79 Å². The highest BCUT2D eigenvalue weighted by atomic mass is 16.5. The van der Waals surface area contributed by atoms with E-state index in [1.165, 1.54) is 0 Å². The third kappa shape index (κ3) is 4.00. The monoisotopic (exact) mass is 379 g/mol. The predicted molar refractivity (Wildman–Crippen MR) is 101 cm³/mol. The summed E-state index contributed by atoms with van der Waals surface area (Å²) in [6.45, 7) is 3.17. The average molecular weight is 379 g/mol. The van der Waals surface area contributed by atoms with E-state index in [0.29, 0.717) is 24.9 Å². The molecule has 0 bridgehead atoms.